The summed E-state index contributed by atoms with van der Waals surface area (Å²) in [5.41, 5.74) is 2.66. The molecular weight excluding hydrogens is 308 g/mol. The van der Waals surface area contributed by atoms with Crippen LogP contribution in [0.4, 0.5) is 14.5 Å². The lowest BCUT2D eigenvalue weighted by atomic mass is 10.1. The standard InChI is InChI=1S/C19H17F2N3/c20-14-10-15-18(24-8-6-22-7-9-24)12-17(13-4-2-1-3-5-13)23-19(15)16(21)11-14/h1-5,10-12,22H,6-9H2. The van der Waals surface area contributed by atoms with Crippen LogP contribution in [0.5, 0.6) is 0 Å². The molecule has 1 saturated heterocycles. The Morgan fingerprint density at radius 3 is 2.46 bits per heavy atom. The van der Waals surface area contributed by atoms with Gasteiger partial charge in [0.25, 0.3) is 0 Å². The molecule has 0 bridgehead atoms. The monoisotopic (exact) mass is 325 g/mol. The highest BCUT2D eigenvalue weighted by Crippen LogP contribution is 2.33. The Bertz CT molecular complexity index is 875. The Labute approximate surface area is 138 Å². The number of halogens is 2. The predicted octanol–water partition coefficient (Wildman–Crippen LogP) is 3.59. The van der Waals surface area contributed by atoms with Crippen molar-refractivity contribution in [2.75, 3.05) is 31.1 Å². The fraction of sp³-hybridized carbons (Fsp3) is 0.211. The second-order valence-electron chi connectivity index (χ2n) is 5.91. The number of benzene rings is 2. The van der Waals surface area contributed by atoms with Crippen LogP contribution in [-0.2, 0) is 0 Å². The van der Waals surface area contributed by atoms with Gasteiger partial charge in [-0.15, -0.1) is 0 Å². The van der Waals surface area contributed by atoms with E-state index < -0.39 is 11.6 Å². The van der Waals surface area contributed by atoms with Gasteiger partial charge in [-0.25, -0.2) is 13.8 Å². The second-order valence-corrected chi connectivity index (χ2v) is 5.91. The lowest BCUT2D eigenvalue weighted by Gasteiger charge is -2.30. The predicted molar refractivity (Wildman–Crippen MR) is 92.2 cm³/mol. The fourth-order valence-electron chi connectivity index (χ4n) is 3.16. The van der Waals surface area contributed by atoms with E-state index in [0.29, 0.717) is 11.1 Å². The smallest absolute Gasteiger partial charge is 0.152 e. The number of nitrogens with zero attached hydrogens (tertiary/aromatic N) is 2. The third-order valence-electron chi connectivity index (χ3n) is 4.34. The average Bonchev–Trinajstić information content (AvgIpc) is 2.62. The first-order valence-corrected chi connectivity index (χ1v) is 8.03. The maximum atomic E-state index is 14.4. The molecule has 1 aromatic heterocycles. The van der Waals surface area contributed by atoms with Gasteiger partial charge in [0.15, 0.2) is 5.82 Å². The van der Waals surface area contributed by atoms with Gasteiger partial charge < -0.3 is 10.2 Å². The minimum Gasteiger partial charge on any atom is -0.368 e. The summed E-state index contributed by atoms with van der Waals surface area (Å²) < 4.78 is 28.1. The van der Waals surface area contributed by atoms with E-state index in [9.17, 15) is 8.78 Å². The fourth-order valence-corrected chi connectivity index (χ4v) is 3.16. The highest BCUT2D eigenvalue weighted by atomic mass is 19.1. The molecule has 0 amide bonds. The van der Waals surface area contributed by atoms with Gasteiger partial charge in [-0.3, -0.25) is 0 Å². The molecular formula is C19H17F2N3. The van der Waals surface area contributed by atoms with Gasteiger partial charge in [-0.2, -0.15) is 0 Å². The molecule has 0 unspecified atom stereocenters. The van der Waals surface area contributed by atoms with Gasteiger partial charge in [-0.05, 0) is 12.1 Å². The SMILES string of the molecule is Fc1cc(F)c2nc(-c3ccccc3)cc(N3CCNCC3)c2c1. The third kappa shape index (κ3) is 2.71. The zero-order chi connectivity index (χ0) is 16.5. The molecule has 0 saturated carbocycles. The normalized spacial score (nSPS) is 15.0. The molecule has 122 valence electrons. The van der Waals surface area contributed by atoms with Gasteiger partial charge in [0.1, 0.15) is 11.3 Å². The maximum absolute atomic E-state index is 14.4. The first kappa shape index (κ1) is 15.0. The second kappa shape index (κ2) is 6.17. The molecule has 0 radical (unpaired) electrons. The van der Waals surface area contributed by atoms with E-state index in [1.54, 1.807) is 0 Å². The van der Waals surface area contributed by atoms with Gasteiger partial charge >= 0.3 is 0 Å². The number of rotatable bonds is 2. The van der Waals surface area contributed by atoms with Crippen molar-refractivity contribution in [3.05, 3.63) is 60.2 Å². The summed E-state index contributed by atoms with van der Waals surface area (Å²) in [6, 6.07) is 13.9. The van der Waals surface area contributed by atoms with E-state index in [1.165, 1.54) is 6.07 Å². The molecule has 0 aliphatic carbocycles. The summed E-state index contributed by atoms with van der Waals surface area (Å²) in [5, 5.41) is 3.82. The van der Waals surface area contributed by atoms with E-state index in [2.05, 4.69) is 15.2 Å². The van der Waals surface area contributed by atoms with E-state index in [1.807, 2.05) is 36.4 Å². The Balaban J connectivity index is 1.96. The highest BCUT2D eigenvalue weighted by molar-refractivity contribution is 5.94. The van der Waals surface area contributed by atoms with Crippen LogP contribution in [0.3, 0.4) is 0 Å². The van der Waals surface area contributed by atoms with Crippen molar-refractivity contribution in [1.29, 1.82) is 0 Å². The van der Waals surface area contributed by atoms with Crippen molar-refractivity contribution in [3.8, 4) is 11.3 Å². The van der Waals surface area contributed by atoms with Crippen molar-refractivity contribution in [2.24, 2.45) is 0 Å². The van der Waals surface area contributed by atoms with Crippen LogP contribution in [0.2, 0.25) is 0 Å². The number of nitrogens with one attached hydrogen (secondary N) is 1. The lowest BCUT2D eigenvalue weighted by molar-refractivity contribution is 0.585. The summed E-state index contributed by atoms with van der Waals surface area (Å²) in [6.07, 6.45) is 0. The quantitative estimate of drug-likeness (QED) is 0.780. The number of piperazine rings is 1. The van der Waals surface area contributed by atoms with Crippen LogP contribution >= 0.6 is 0 Å². The molecule has 5 heteroatoms. The average molecular weight is 325 g/mol. The van der Waals surface area contributed by atoms with Crippen molar-refractivity contribution >= 4 is 16.6 Å². The first-order chi connectivity index (χ1) is 11.7. The topological polar surface area (TPSA) is 28.2 Å². The van der Waals surface area contributed by atoms with Crippen LogP contribution in [0.15, 0.2) is 48.5 Å². The summed E-state index contributed by atoms with van der Waals surface area (Å²) in [6.45, 7) is 3.29. The number of aromatic nitrogens is 1. The number of hydrogen-bond donors (Lipinski definition) is 1. The molecule has 0 atom stereocenters. The van der Waals surface area contributed by atoms with E-state index in [0.717, 1.165) is 43.5 Å². The third-order valence-corrected chi connectivity index (χ3v) is 4.34. The molecule has 2 aromatic carbocycles. The maximum Gasteiger partial charge on any atom is 0.152 e. The first-order valence-electron chi connectivity index (χ1n) is 8.03. The van der Waals surface area contributed by atoms with E-state index in [4.69, 9.17) is 0 Å². The number of pyridine rings is 1. The molecule has 0 spiro atoms. The highest BCUT2D eigenvalue weighted by Gasteiger charge is 2.18. The van der Waals surface area contributed by atoms with Crippen LogP contribution in [0, 0.1) is 11.6 Å². The Kier molecular flexibility index (Phi) is 3.86. The minimum absolute atomic E-state index is 0.214. The Morgan fingerprint density at radius 1 is 0.958 bits per heavy atom. The summed E-state index contributed by atoms with van der Waals surface area (Å²) in [5.74, 6) is -1.20. The summed E-state index contributed by atoms with van der Waals surface area (Å²) in [7, 11) is 0. The molecule has 2 heterocycles. The minimum atomic E-state index is -0.626. The Hall–Kier alpha value is -2.53. The zero-order valence-corrected chi connectivity index (χ0v) is 13.1. The van der Waals surface area contributed by atoms with E-state index in [-0.39, 0.29) is 5.52 Å². The zero-order valence-electron chi connectivity index (χ0n) is 13.1. The summed E-state index contributed by atoms with van der Waals surface area (Å²) in [4.78, 5) is 6.62. The number of anilines is 1. The molecule has 4 rings (SSSR count). The molecule has 1 aliphatic heterocycles. The number of hydrogen-bond acceptors (Lipinski definition) is 3. The van der Waals surface area contributed by atoms with Crippen LogP contribution in [0.1, 0.15) is 0 Å². The summed E-state index contributed by atoms with van der Waals surface area (Å²) >= 11 is 0. The molecule has 3 nitrogen and oxygen atoms in total. The van der Waals surface area contributed by atoms with Crippen LogP contribution in [-0.4, -0.2) is 31.2 Å². The molecule has 24 heavy (non-hydrogen) atoms. The molecule has 3 aromatic rings. The van der Waals surface area contributed by atoms with Crippen molar-refractivity contribution in [2.45, 2.75) is 0 Å². The van der Waals surface area contributed by atoms with Crippen LogP contribution in [0.25, 0.3) is 22.2 Å². The van der Waals surface area contributed by atoms with E-state index >= 15 is 0 Å². The molecule has 1 N–H and O–H groups in total. The van der Waals surface area contributed by atoms with Gasteiger partial charge in [0.2, 0.25) is 0 Å². The number of fused-ring (bicyclic) bond motifs is 1. The van der Waals surface area contributed by atoms with Gasteiger partial charge in [0.05, 0.1) is 5.69 Å². The molecule has 1 fully saturated rings. The van der Waals surface area contributed by atoms with Crippen molar-refractivity contribution in [3.63, 3.8) is 0 Å². The van der Waals surface area contributed by atoms with Crippen molar-refractivity contribution < 1.29 is 8.78 Å². The Morgan fingerprint density at radius 2 is 1.71 bits per heavy atom. The van der Waals surface area contributed by atoms with Crippen LogP contribution < -0.4 is 10.2 Å². The van der Waals surface area contributed by atoms with Crippen molar-refractivity contribution in [1.82, 2.24) is 10.3 Å². The molecule has 1 aliphatic rings. The lowest BCUT2D eigenvalue weighted by Crippen LogP contribution is -2.43. The van der Waals surface area contributed by atoms with Gasteiger partial charge in [-0.1, -0.05) is 30.3 Å². The van der Waals surface area contributed by atoms with Gasteiger partial charge in [0, 0.05) is 48.9 Å². The largest absolute Gasteiger partial charge is 0.368 e.